The molecule has 3 nitrogen and oxygen atoms in total. The van der Waals surface area contributed by atoms with Crippen molar-refractivity contribution >= 4 is 0 Å². The summed E-state index contributed by atoms with van der Waals surface area (Å²) in [5, 5.41) is 9.08. The SMILES string of the molecule is Cc1ccccc1C(C(C)N)N(CCCO)C(C)C. The summed E-state index contributed by atoms with van der Waals surface area (Å²) in [7, 11) is 0. The minimum atomic E-state index is 0.0576. The molecule has 0 bridgehead atoms. The summed E-state index contributed by atoms with van der Waals surface area (Å²) in [4.78, 5) is 2.39. The highest BCUT2D eigenvalue weighted by atomic mass is 16.3. The quantitative estimate of drug-likeness (QED) is 0.795. The van der Waals surface area contributed by atoms with Gasteiger partial charge in [-0.2, -0.15) is 0 Å². The molecule has 1 rings (SSSR count). The first-order chi connectivity index (χ1) is 8.99. The van der Waals surface area contributed by atoms with Crippen molar-refractivity contribution in [3.8, 4) is 0 Å². The molecule has 0 aliphatic rings. The zero-order valence-electron chi connectivity index (χ0n) is 12.6. The van der Waals surface area contributed by atoms with E-state index in [0.29, 0.717) is 6.04 Å². The Bertz CT molecular complexity index is 377. The van der Waals surface area contributed by atoms with Gasteiger partial charge in [-0.1, -0.05) is 24.3 Å². The van der Waals surface area contributed by atoms with E-state index < -0.39 is 0 Å². The van der Waals surface area contributed by atoms with Gasteiger partial charge in [-0.15, -0.1) is 0 Å². The van der Waals surface area contributed by atoms with Crippen molar-refractivity contribution in [3.05, 3.63) is 35.4 Å². The molecule has 0 saturated carbocycles. The molecule has 0 heterocycles. The Hall–Kier alpha value is -0.900. The van der Waals surface area contributed by atoms with Gasteiger partial charge in [-0.3, -0.25) is 4.90 Å². The lowest BCUT2D eigenvalue weighted by atomic mass is 9.94. The first-order valence-corrected chi connectivity index (χ1v) is 7.16. The molecule has 1 aromatic rings. The number of hydrogen-bond acceptors (Lipinski definition) is 3. The lowest BCUT2D eigenvalue weighted by Crippen LogP contribution is -2.44. The van der Waals surface area contributed by atoms with Crippen molar-refractivity contribution < 1.29 is 5.11 Å². The third-order valence-corrected chi connectivity index (χ3v) is 3.60. The van der Waals surface area contributed by atoms with Crippen LogP contribution in [0.3, 0.4) is 0 Å². The van der Waals surface area contributed by atoms with Gasteiger partial charge in [-0.25, -0.2) is 0 Å². The lowest BCUT2D eigenvalue weighted by molar-refractivity contribution is 0.122. The minimum Gasteiger partial charge on any atom is -0.396 e. The molecule has 19 heavy (non-hydrogen) atoms. The predicted octanol–water partition coefficient (Wildman–Crippen LogP) is 2.48. The summed E-state index contributed by atoms with van der Waals surface area (Å²) < 4.78 is 0. The first-order valence-electron chi connectivity index (χ1n) is 7.16. The summed E-state index contributed by atoms with van der Waals surface area (Å²) >= 11 is 0. The summed E-state index contributed by atoms with van der Waals surface area (Å²) in [6, 6.07) is 9.09. The molecule has 2 unspecified atom stereocenters. The number of aryl methyl sites for hydroxylation is 1. The predicted molar refractivity (Wildman–Crippen MR) is 81.1 cm³/mol. The minimum absolute atomic E-state index is 0.0576. The fourth-order valence-corrected chi connectivity index (χ4v) is 2.65. The van der Waals surface area contributed by atoms with Crippen LogP contribution in [0.5, 0.6) is 0 Å². The second kappa shape index (κ2) is 7.63. The Balaban J connectivity index is 3.07. The Morgan fingerprint density at radius 3 is 2.32 bits per heavy atom. The summed E-state index contributed by atoms with van der Waals surface area (Å²) in [6.07, 6.45) is 0.785. The first kappa shape index (κ1) is 16.2. The molecule has 0 fully saturated rings. The van der Waals surface area contributed by atoms with Gasteiger partial charge in [0.05, 0.1) is 6.04 Å². The van der Waals surface area contributed by atoms with Crippen LogP contribution in [-0.2, 0) is 0 Å². The Morgan fingerprint density at radius 1 is 1.21 bits per heavy atom. The summed E-state index contributed by atoms with van der Waals surface area (Å²) in [5.74, 6) is 0. The average Bonchev–Trinajstić information content (AvgIpc) is 2.35. The van der Waals surface area contributed by atoms with E-state index in [1.165, 1.54) is 11.1 Å². The number of rotatable bonds is 7. The monoisotopic (exact) mass is 264 g/mol. The van der Waals surface area contributed by atoms with Gasteiger partial charge in [0.25, 0.3) is 0 Å². The van der Waals surface area contributed by atoms with Crippen molar-refractivity contribution in [2.24, 2.45) is 5.73 Å². The van der Waals surface area contributed by atoms with E-state index in [9.17, 15) is 0 Å². The van der Waals surface area contributed by atoms with E-state index >= 15 is 0 Å². The van der Waals surface area contributed by atoms with Crippen LogP contribution in [0, 0.1) is 6.92 Å². The van der Waals surface area contributed by atoms with Gasteiger partial charge in [0.1, 0.15) is 0 Å². The van der Waals surface area contributed by atoms with Crippen LogP contribution in [0.1, 0.15) is 44.4 Å². The zero-order valence-corrected chi connectivity index (χ0v) is 12.6. The molecular weight excluding hydrogens is 236 g/mol. The highest BCUT2D eigenvalue weighted by Gasteiger charge is 2.26. The van der Waals surface area contributed by atoms with Gasteiger partial charge >= 0.3 is 0 Å². The second-order valence-corrected chi connectivity index (χ2v) is 5.57. The number of hydrogen-bond donors (Lipinski definition) is 2. The highest BCUT2D eigenvalue weighted by molar-refractivity contribution is 5.30. The van der Waals surface area contributed by atoms with Gasteiger partial charge < -0.3 is 10.8 Å². The molecule has 0 aliphatic heterocycles. The lowest BCUT2D eigenvalue weighted by Gasteiger charge is -2.38. The van der Waals surface area contributed by atoms with Crippen LogP contribution in [0.2, 0.25) is 0 Å². The molecule has 1 aromatic carbocycles. The Kier molecular flexibility index (Phi) is 6.49. The topological polar surface area (TPSA) is 49.5 Å². The number of nitrogens with zero attached hydrogens (tertiary/aromatic N) is 1. The molecule has 3 N–H and O–H groups in total. The third-order valence-electron chi connectivity index (χ3n) is 3.60. The smallest absolute Gasteiger partial charge is 0.0501 e. The van der Waals surface area contributed by atoms with E-state index in [1.54, 1.807) is 0 Å². The van der Waals surface area contributed by atoms with Crippen molar-refractivity contribution in [1.82, 2.24) is 4.90 Å². The number of aliphatic hydroxyl groups is 1. The van der Waals surface area contributed by atoms with Crippen LogP contribution in [0.4, 0.5) is 0 Å². The number of benzene rings is 1. The van der Waals surface area contributed by atoms with Crippen LogP contribution >= 0.6 is 0 Å². The van der Waals surface area contributed by atoms with Crippen LogP contribution in [0.15, 0.2) is 24.3 Å². The molecular formula is C16H28N2O. The zero-order chi connectivity index (χ0) is 14.4. The van der Waals surface area contributed by atoms with Crippen molar-refractivity contribution in [2.45, 2.75) is 52.2 Å². The fourth-order valence-electron chi connectivity index (χ4n) is 2.65. The number of aliphatic hydroxyl groups excluding tert-OH is 1. The third kappa shape index (κ3) is 4.30. The molecule has 108 valence electrons. The Morgan fingerprint density at radius 2 is 1.84 bits per heavy atom. The standard InChI is InChI=1S/C16H28N2O/c1-12(2)18(10-7-11-19)16(14(4)17)15-9-6-5-8-13(15)3/h5-6,8-9,12,14,16,19H,7,10-11,17H2,1-4H3. The molecule has 0 spiro atoms. The largest absolute Gasteiger partial charge is 0.396 e. The Labute approximate surface area is 117 Å². The van der Waals surface area contributed by atoms with E-state index in [-0.39, 0.29) is 18.7 Å². The molecule has 0 aromatic heterocycles. The van der Waals surface area contributed by atoms with Crippen molar-refractivity contribution in [2.75, 3.05) is 13.2 Å². The highest BCUT2D eigenvalue weighted by Crippen LogP contribution is 2.28. The summed E-state index contributed by atoms with van der Waals surface area (Å²) in [6.45, 7) is 9.66. The maximum Gasteiger partial charge on any atom is 0.0501 e. The molecule has 0 aliphatic carbocycles. The number of nitrogens with two attached hydrogens (primary N) is 1. The van der Waals surface area contributed by atoms with Crippen LogP contribution in [0.25, 0.3) is 0 Å². The van der Waals surface area contributed by atoms with Crippen LogP contribution in [-0.4, -0.2) is 35.2 Å². The maximum atomic E-state index is 9.08. The van der Waals surface area contributed by atoms with Gasteiger partial charge in [-0.05, 0) is 45.2 Å². The van der Waals surface area contributed by atoms with Crippen molar-refractivity contribution in [1.29, 1.82) is 0 Å². The molecule has 3 heteroatoms. The van der Waals surface area contributed by atoms with E-state index in [4.69, 9.17) is 10.8 Å². The second-order valence-electron chi connectivity index (χ2n) is 5.57. The average molecular weight is 264 g/mol. The van der Waals surface area contributed by atoms with Crippen molar-refractivity contribution in [3.63, 3.8) is 0 Å². The van der Waals surface area contributed by atoms with E-state index in [1.807, 2.05) is 0 Å². The molecule has 0 saturated heterocycles. The summed E-state index contributed by atoms with van der Waals surface area (Å²) in [5.41, 5.74) is 8.82. The van der Waals surface area contributed by atoms with E-state index in [2.05, 4.69) is 56.9 Å². The molecule has 0 amide bonds. The van der Waals surface area contributed by atoms with Gasteiger partial charge in [0, 0.05) is 25.2 Å². The molecule has 2 atom stereocenters. The fraction of sp³-hybridized carbons (Fsp3) is 0.625. The van der Waals surface area contributed by atoms with Crippen LogP contribution < -0.4 is 5.73 Å². The molecule has 0 radical (unpaired) electrons. The van der Waals surface area contributed by atoms with Gasteiger partial charge in [0.2, 0.25) is 0 Å². The normalized spacial score (nSPS) is 14.9. The van der Waals surface area contributed by atoms with E-state index in [0.717, 1.165) is 13.0 Å². The van der Waals surface area contributed by atoms with Gasteiger partial charge in [0.15, 0.2) is 0 Å². The maximum absolute atomic E-state index is 9.08.